The van der Waals surface area contributed by atoms with Crippen molar-refractivity contribution in [3.63, 3.8) is 0 Å². The Labute approximate surface area is 128 Å². The Balaban J connectivity index is 2.00. The van der Waals surface area contributed by atoms with Gasteiger partial charge in [0.2, 0.25) is 0 Å². The summed E-state index contributed by atoms with van der Waals surface area (Å²) in [6.45, 7) is 6.44. The fourth-order valence-corrected chi connectivity index (χ4v) is 2.41. The van der Waals surface area contributed by atoms with Gasteiger partial charge in [-0.2, -0.15) is 0 Å². The van der Waals surface area contributed by atoms with Crippen molar-refractivity contribution in [2.24, 2.45) is 0 Å². The molecule has 1 heterocycles. The summed E-state index contributed by atoms with van der Waals surface area (Å²) < 4.78 is 5.39. The average molecular weight is 305 g/mol. The van der Waals surface area contributed by atoms with Crippen LogP contribution in [0.1, 0.15) is 31.3 Å². The third-order valence-electron chi connectivity index (χ3n) is 2.57. The van der Waals surface area contributed by atoms with Crippen molar-refractivity contribution >= 4 is 28.1 Å². The monoisotopic (exact) mass is 305 g/mol. The standard InChI is InChI=1S/C15H19N3O2S/c1-4-20-12-7-5-11(6-8-12)17-15-18-13(9-21-15)14(19)16-10(2)3/h5-10H,4H2,1-3H3,(H,16,19)(H,17,18). The Hall–Kier alpha value is -2.08. The van der Waals surface area contributed by atoms with Crippen LogP contribution in [0.15, 0.2) is 29.6 Å². The molecule has 5 nitrogen and oxygen atoms in total. The Morgan fingerprint density at radius 2 is 2.05 bits per heavy atom. The number of anilines is 2. The van der Waals surface area contributed by atoms with E-state index in [4.69, 9.17) is 4.74 Å². The lowest BCUT2D eigenvalue weighted by Crippen LogP contribution is -2.30. The molecule has 0 saturated heterocycles. The molecule has 0 aliphatic heterocycles. The molecule has 1 amide bonds. The normalized spacial score (nSPS) is 10.5. The third-order valence-corrected chi connectivity index (χ3v) is 3.33. The minimum atomic E-state index is -0.152. The number of carbonyl (C=O) groups excluding carboxylic acids is 1. The Kier molecular flexibility index (Phi) is 5.16. The molecule has 0 aliphatic carbocycles. The van der Waals surface area contributed by atoms with Gasteiger partial charge in [-0.1, -0.05) is 0 Å². The maximum Gasteiger partial charge on any atom is 0.271 e. The molecule has 0 saturated carbocycles. The number of rotatable bonds is 6. The number of hydrogen-bond donors (Lipinski definition) is 2. The molecule has 112 valence electrons. The zero-order chi connectivity index (χ0) is 15.2. The number of carbonyl (C=O) groups is 1. The SMILES string of the molecule is CCOc1ccc(Nc2nc(C(=O)NC(C)C)cs2)cc1. The van der Waals surface area contributed by atoms with Crippen molar-refractivity contribution < 1.29 is 9.53 Å². The number of nitrogens with one attached hydrogen (secondary N) is 2. The van der Waals surface area contributed by atoms with E-state index >= 15 is 0 Å². The predicted molar refractivity (Wildman–Crippen MR) is 85.6 cm³/mol. The van der Waals surface area contributed by atoms with Gasteiger partial charge in [-0.15, -0.1) is 11.3 Å². The molecular formula is C15H19N3O2S. The number of benzene rings is 1. The second-order valence-corrected chi connectivity index (χ2v) is 5.61. The van der Waals surface area contributed by atoms with Crippen molar-refractivity contribution in [1.29, 1.82) is 0 Å². The van der Waals surface area contributed by atoms with Gasteiger partial charge >= 0.3 is 0 Å². The van der Waals surface area contributed by atoms with Gasteiger partial charge in [-0.3, -0.25) is 4.79 Å². The fourth-order valence-electron chi connectivity index (χ4n) is 1.70. The first-order valence-electron chi connectivity index (χ1n) is 6.84. The third kappa shape index (κ3) is 4.46. The van der Waals surface area contributed by atoms with Crippen LogP contribution in [0.25, 0.3) is 0 Å². The van der Waals surface area contributed by atoms with E-state index in [1.54, 1.807) is 5.38 Å². The minimum absolute atomic E-state index is 0.0988. The van der Waals surface area contributed by atoms with Crippen molar-refractivity contribution in [2.45, 2.75) is 26.8 Å². The van der Waals surface area contributed by atoms with Gasteiger partial charge in [0.25, 0.3) is 5.91 Å². The molecule has 2 aromatic rings. The average Bonchev–Trinajstić information content (AvgIpc) is 2.89. The van der Waals surface area contributed by atoms with Gasteiger partial charge in [-0.05, 0) is 45.0 Å². The molecule has 2 N–H and O–H groups in total. The summed E-state index contributed by atoms with van der Waals surface area (Å²) in [7, 11) is 0. The first-order chi connectivity index (χ1) is 10.1. The second-order valence-electron chi connectivity index (χ2n) is 4.75. The van der Waals surface area contributed by atoms with Crippen molar-refractivity contribution in [3.8, 4) is 5.75 Å². The zero-order valence-electron chi connectivity index (χ0n) is 12.3. The van der Waals surface area contributed by atoms with E-state index in [1.807, 2.05) is 45.0 Å². The van der Waals surface area contributed by atoms with E-state index in [-0.39, 0.29) is 11.9 Å². The number of amides is 1. The molecule has 0 spiro atoms. The van der Waals surface area contributed by atoms with Gasteiger partial charge in [-0.25, -0.2) is 4.98 Å². The van der Waals surface area contributed by atoms with Crippen molar-refractivity contribution in [2.75, 3.05) is 11.9 Å². The summed E-state index contributed by atoms with van der Waals surface area (Å²) in [6, 6.07) is 7.72. The van der Waals surface area contributed by atoms with Crippen LogP contribution in [0, 0.1) is 0 Å². The van der Waals surface area contributed by atoms with E-state index in [0.29, 0.717) is 17.4 Å². The lowest BCUT2D eigenvalue weighted by Gasteiger charge is -2.06. The summed E-state index contributed by atoms with van der Waals surface area (Å²) in [4.78, 5) is 16.1. The number of hydrogen-bond acceptors (Lipinski definition) is 5. The maximum atomic E-state index is 11.8. The van der Waals surface area contributed by atoms with E-state index < -0.39 is 0 Å². The van der Waals surface area contributed by atoms with Crippen LogP contribution in [0.3, 0.4) is 0 Å². The Morgan fingerprint density at radius 3 is 2.67 bits per heavy atom. The summed E-state index contributed by atoms with van der Waals surface area (Å²) >= 11 is 1.40. The highest BCUT2D eigenvalue weighted by Gasteiger charge is 2.11. The molecule has 0 atom stereocenters. The van der Waals surface area contributed by atoms with Crippen molar-refractivity contribution in [1.82, 2.24) is 10.3 Å². The van der Waals surface area contributed by atoms with E-state index in [2.05, 4.69) is 15.6 Å². The first-order valence-corrected chi connectivity index (χ1v) is 7.72. The van der Waals surface area contributed by atoms with Crippen LogP contribution in [-0.2, 0) is 0 Å². The van der Waals surface area contributed by atoms with Crippen molar-refractivity contribution in [3.05, 3.63) is 35.3 Å². The van der Waals surface area contributed by atoms with Crippen LogP contribution in [-0.4, -0.2) is 23.5 Å². The Morgan fingerprint density at radius 1 is 1.33 bits per heavy atom. The van der Waals surface area contributed by atoms with Gasteiger partial charge in [0.1, 0.15) is 11.4 Å². The summed E-state index contributed by atoms with van der Waals surface area (Å²) in [5.74, 6) is 0.681. The molecular weight excluding hydrogens is 286 g/mol. The number of ether oxygens (including phenoxy) is 1. The molecule has 1 aromatic carbocycles. The van der Waals surface area contributed by atoms with E-state index in [9.17, 15) is 4.79 Å². The number of aromatic nitrogens is 1. The summed E-state index contributed by atoms with van der Waals surface area (Å²) in [5, 5.41) is 8.43. The molecule has 0 bridgehead atoms. The first kappa shape index (κ1) is 15.3. The Bertz CT molecular complexity index is 593. The highest BCUT2D eigenvalue weighted by molar-refractivity contribution is 7.14. The van der Waals surface area contributed by atoms with Gasteiger partial charge in [0.05, 0.1) is 6.61 Å². The minimum Gasteiger partial charge on any atom is -0.494 e. The fraction of sp³-hybridized carbons (Fsp3) is 0.333. The zero-order valence-corrected chi connectivity index (χ0v) is 13.2. The summed E-state index contributed by atoms with van der Waals surface area (Å²) in [6.07, 6.45) is 0. The predicted octanol–water partition coefficient (Wildman–Crippen LogP) is 3.42. The molecule has 0 aliphatic rings. The highest BCUT2D eigenvalue weighted by Crippen LogP contribution is 2.23. The van der Waals surface area contributed by atoms with Crippen LogP contribution in [0.5, 0.6) is 5.75 Å². The van der Waals surface area contributed by atoms with Gasteiger partial charge < -0.3 is 15.4 Å². The number of nitrogens with zero attached hydrogens (tertiary/aromatic N) is 1. The maximum absolute atomic E-state index is 11.8. The quantitative estimate of drug-likeness (QED) is 0.858. The summed E-state index contributed by atoms with van der Waals surface area (Å²) in [5.41, 5.74) is 1.34. The van der Waals surface area contributed by atoms with Gasteiger partial charge in [0.15, 0.2) is 5.13 Å². The second kappa shape index (κ2) is 7.08. The highest BCUT2D eigenvalue weighted by atomic mass is 32.1. The molecule has 0 radical (unpaired) electrons. The van der Waals surface area contributed by atoms with Gasteiger partial charge in [0, 0.05) is 17.1 Å². The lowest BCUT2D eigenvalue weighted by molar-refractivity contribution is 0.0939. The molecule has 21 heavy (non-hydrogen) atoms. The van der Waals surface area contributed by atoms with Crippen LogP contribution < -0.4 is 15.4 Å². The van der Waals surface area contributed by atoms with Crippen LogP contribution in [0.4, 0.5) is 10.8 Å². The molecule has 0 unspecified atom stereocenters. The smallest absolute Gasteiger partial charge is 0.271 e. The van der Waals surface area contributed by atoms with Crippen LogP contribution >= 0.6 is 11.3 Å². The van der Waals surface area contributed by atoms with E-state index in [1.165, 1.54) is 11.3 Å². The molecule has 6 heteroatoms. The molecule has 1 aromatic heterocycles. The molecule has 0 fully saturated rings. The number of thiazole rings is 1. The van der Waals surface area contributed by atoms with E-state index in [0.717, 1.165) is 11.4 Å². The lowest BCUT2D eigenvalue weighted by atomic mass is 10.3. The topological polar surface area (TPSA) is 63.2 Å². The largest absolute Gasteiger partial charge is 0.494 e. The van der Waals surface area contributed by atoms with Crippen LogP contribution in [0.2, 0.25) is 0 Å². The molecule has 2 rings (SSSR count).